The maximum Gasteiger partial charge on any atom is 0.217 e. The van der Waals surface area contributed by atoms with Gasteiger partial charge in [0.25, 0.3) is 0 Å². The summed E-state index contributed by atoms with van der Waals surface area (Å²) in [5.41, 5.74) is 4.77. The molecule has 0 saturated carbocycles. The molecule has 6 rings (SSSR count). The number of fused-ring (bicyclic) bond motifs is 4. The number of aromatic nitrogens is 3. The molecule has 3 heterocycles. The van der Waals surface area contributed by atoms with E-state index in [1.807, 2.05) is 36.5 Å². The van der Waals surface area contributed by atoms with Gasteiger partial charge in [0.1, 0.15) is 17.1 Å². The van der Waals surface area contributed by atoms with Crippen LogP contribution in [0.5, 0.6) is 17.4 Å². The Hall–Kier alpha value is -3.69. The van der Waals surface area contributed by atoms with E-state index in [1.165, 1.54) is 5.56 Å². The molecule has 0 fully saturated rings. The molecule has 0 aliphatic heterocycles. The van der Waals surface area contributed by atoms with Crippen LogP contribution in [0.25, 0.3) is 38.5 Å². The van der Waals surface area contributed by atoms with E-state index in [-0.39, 0.29) is 26.8 Å². The molecule has 38 heavy (non-hydrogen) atoms. The van der Waals surface area contributed by atoms with Crippen molar-refractivity contribution in [3.63, 3.8) is 0 Å². The van der Waals surface area contributed by atoms with Crippen LogP contribution >= 0.6 is 0 Å². The van der Waals surface area contributed by atoms with Gasteiger partial charge in [0.05, 0.1) is 0 Å². The van der Waals surface area contributed by atoms with Crippen molar-refractivity contribution in [2.45, 2.75) is 39.5 Å². The Morgan fingerprint density at radius 3 is 2.42 bits per heavy atom. The Morgan fingerprint density at radius 2 is 1.63 bits per heavy atom. The average molecular weight is 682 g/mol. The molecule has 0 saturated heterocycles. The number of rotatable bonds is 5. The standard InChI is InChI=1S/C32H28N3O2.Pt/c1-19(2)21-13-14-33-30(17-21)35-27-8-6-5-7-25(27)26-11-10-24(18-28(26)35)37-31-12-9-22-15-23(20(3)4)16-29(36)32(22)34-31;/h5-17,19-20,36H,1-4H3;/q-1;. The molecule has 3 aromatic heterocycles. The summed E-state index contributed by atoms with van der Waals surface area (Å²) in [6.45, 7) is 8.57. The molecule has 6 aromatic rings. The molecular formula is C32H28N3O2Pt-. The van der Waals surface area contributed by atoms with Crippen molar-refractivity contribution in [3.8, 4) is 23.2 Å². The summed E-state index contributed by atoms with van der Waals surface area (Å²) in [5.74, 6) is 2.66. The monoisotopic (exact) mass is 681 g/mol. The van der Waals surface area contributed by atoms with E-state index in [2.05, 4.69) is 79.7 Å². The maximum atomic E-state index is 10.6. The molecule has 0 amide bonds. The van der Waals surface area contributed by atoms with Gasteiger partial charge in [0, 0.05) is 50.0 Å². The number of pyridine rings is 2. The van der Waals surface area contributed by atoms with E-state index in [0.29, 0.717) is 29.0 Å². The van der Waals surface area contributed by atoms with Gasteiger partial charge in [-0.05, 0) is 64.7 Å². The normalized spacial score (nSPS) is 11.5. The van der Waals surface area contributed by atoms with Gasteiger partial charge in [-0.2, -0.15) is 6.07 Å². The van der Waals surface area contributed by atoms with Crippen molar-refractivity contribution in [3.05, 3.63) is 96.2 Å². The number of phenolic OH excluding ortho intramolecular Hbond substituents is 1. The summed E-state index contributed by atoms with van der Waals surface area (Å²) in [6.07, 6.45) is 1.86. The molecule has 0 spiro atoms. The zero-order chi connectivity index (χ0) is 25.7. The minimum Gasteiger partial charge on any atom is -0.506 e. The number of hydrogen-bond donors (Lipinski definition) is 1. The topological polar surface area (TPSA) is 60.2 Å². The number of phenols is 1. The zero-order valence-electron chi connectivity index (χ0n) is 21.7. The van der Waals surface area contributed by atoms with Crippen LogP contribution in [-0.2, 0) is 21.1 Å². The quantitative estimate of drug-likeness (QED) is 0.186. The number of aromatic hydroxyl groups is 1. The van der Waals surface area contributed by atoms with Crippen molar-refractivity contribution >= 4 is 32.7 Å². The van der Waals surface area contributed by atoms with Crippen LogP contribution in [0.15, 0.2) is 79.0 Å². The van der Waals surface area contributed by atoms with Gasteiger partial charge >= 0.3 is 0 Å². The molecule has 194 valence electrons. The summed E-state index contributed by atoms with van der Waals surface area (Å²) in [5, 5.41) is 13.7. The van der Waals surface area contributed by atoms with Crippen LogP contribution in [0, 0.1) is 6.07 Å². The predicted molar refractivity (Wildman–Crippen MR) is 149 cm³/mol. The van der Waals surface area contributed by atoms with Gasteiger partial charge in [-0.25, -0.2) is 9.97 Å². The SMILES string of the molecule is CC(C)c1ccnc(-n2c3[c-]c(Oc4ccc5cc(C(C)C)cc(O)c5n4)ccc3c3ccccc32)c1.[Pt]. The van der Waals surface area contributed by atoms with Crippen LogP contribution in [0.4, 0.5) is 0 Å². The summed E-state index contributed by atoms with van der Waals surface area (Å²) in [4.78, 5) is 9.30. The van der Waals surface area contributed by atoms with Gasteiger partial charge in [-0.3, -0.25) is 0 Å². The molecule has 5 nitrogen and oxygen atoms in total. The molecule has 0 bridgehead atoms. The van der Waals surface area contributed by atoms with E-state index in [1.54, 1.807) is 6.07 Å². The van der Waals surface area contributed by atoms with Crippen molar-refractivity contribution < 1.29 is 30.9 Å². The third-order valence-electron chi connectivity index (χ3n) is 6.87. The van der Waals surface area contributed by atoms with E-state index < -0.39 is 0 Å². The number of hydrogen-bond acceptors (Lipinski definition) is 4. The summed E-state index contributed by atoms with van der Waals surface area (Å²) >= 11 is 0. The minimum atomic E-state index is 0. The Balaban J connectivity index is 0.00000294. The van der Waals surface area contributed by atoms with E-state index in [9.17, 15) is 5.11 Å². The van der Waals surface area contributed by atoms with Crippen LogP contribution in [0.1, 0.15) is 50.7 Å². The zero-order valence-corrected chi connectivity index (χ0v) is 23.9. The van der Waals surface area contributed by atoms with Gasteiger partial charge < -0.3 is 14.4 Å². The van der Waals surface area contributed by atoms with Crippen molar-refractivity contribution in [2.24, 2.45) is 0 Å². The van der Waals surface area contributed by atoms with Crippen LogP contribution in [0.2, 0.25) is 0 Å². The average Bonchev–Trinajstić information content (AvgIpc) is 3.22. The van der Waals surface area contributed by atoms with Crippen LogP contribution < -0.4 is 4.74 Å². The van der Waals surface area contributed by atoms with E-state index in [0.717, 1.165) is 38.6 Å². The van der Waals surface area contributed by atoms with Crippen LogP contribution in [0.3, 0.4) is 0 Å². The van der Waals surface area contributed by atoms with Crippen molar-refractivity contribution in [2.75, 3.05) is 0 Å². The molecule has 0 aliphatic rings. The molecule has 0 aliphatic carbocycles. The second-order valence-corrected chi connectivity index (χ2v) is 10.1. The first-order valence-corrected chi connectivity index (χ1v) is 12.6. The second kappa shape index (κ2) is 10.2. The number of nitrogens with zero attached hydrogens (tertiary/aromatic N) is 3. The van der Waals surface area contributed by atoms with Gasteiger partial charge in [0.2, 0.25) is 5.88 Å². The first kappa shape index (κ1) is 25.9. The van der Waals surface area contributed by atoms with Gasteiger partial charge in [-0.1, -0.05) is 51.4 Å². The van der Waals surface area contributed by atoms with E-state index in [4.69, 9.17) is 9.72 Å². The van der Waals surface area contributed by atoms with Gasteiger partial charge in [-0.15, -0.1) is 17.5 Å². The Labute approximate surface area is 236 Å². The molecule has 3 aromatic carbocycles. The minimum absolute atomic E-state index is 0. The first-order chi connectivity index (χ1) is 17.9. The summed E-state index contributed by atoms with van der Waals surface area (Å²) in [7, 11) is 0. The largest absolute Gasteiger partial charge is 0.506 e. The van der Waals surface area contributed by atoms with Crippen molar-refractivity contribution in [1.29, 1.82) is 0 Å². The fraction of sp³-hybridized carbons (Fsp3) is 0.188. The molecular weight excluding hydrogens is 653 g/mol. The Bertz CT molecular complexity index is 1790. The van der Waals surface area contributed by atoms with Gasteiger partial charge in [0.15, 0.2) is 0 Å². The fourth-order valence-electron chi connectivity index (χ4n) is 4.81. The molecule has 0 unspecified atom stereocenters. The second-order valence-electron chi connectivity index (χ2n) is 10.1. The summed E-state index contributed by atoms with van der Waals surface area (Å²) in [6, 6.07) is 27.5. The smallest absolute Gasteiger partial charge is 0.217 e. The Kier molecular flexibility index (Phi) is 6.98. The molecule has 0 radical (unpaired) electrons. The Morgan fingerprint density at radius 1 is 0.842 bits per heavy atom. The van der Waals surface area contributed by atoms with Crippen LogP contribution in [-0.4, -0.2) is 19.6 Å². The third kappa shape index (κ3) is 4.56. The van der Waals surface area contributed by atoms with E-state index >= 15 is 0 Å². The molecule has 0 atom stereocenters. The first-order valence-electron chi connectivity index (χ1n) is 12.6. The molecule has 1 N–H and O–H groups in total. The maximum absolute atomic E-state index is 10.6. The van der Waals surface area contributed by atoms with Crippen molar-refractivity contribution in [1.82, 2.24) is 14.5 Å². The fourth-order valence-corrected chi connectivity index (χ4v) is 4.81. The predicted octanol–water partition coefficient (Wildman–Crippen LogP) is 8.27. The number of ether oxygens (including phenoxy) is 1. The number of benzene rings is 3. The molecule has 6 heteroatoms. The summed E-state index contributed by atoms with van der Waals surface area (Å²) < 4.78 is 8.30. The number of para-hydroxylation sites is 1. The third-order valence-corrected chi connectivity index (χ3v) is 6.87.